The van der Waals surface area contributed by atoms with Gasteiger partial charge < -0.3 is 20.0 Å². The van der Waals surface area contributed by atoms with Crippen LogP contribution in [-0.2, 0) is 27.3 Å². The van der Waals surface area contributed by atoms with Gasteiger partial charge in [0.1, 0.15) is 0 Å². The number of fused-ring (bicyclic) bond motifs is 1. The van der Waals surface area contributed by atoms with Gasteiger partial charge in [-0.3, -0.25) is 9.69 Å². The number of amides is 1. The van der Waals surface area contributed by atoms with Gasteiger partial charge in [0.25, 0.3) is 0 Å². The predicted octanol–water partition coefficient (Wildman–Crippen LogP) is 2.31. The van der Waals surface area contributed by atoms with E-state index in [9.17, 15) is 4.79 Å². The SMILES string of the molecule is CCCN1CCC(N2CCCC(C(=O)N3CCc4ccccc4C3)C2)CC1.O=C(O)C(=O)O. The zero-order chi connectivity index (χ0) is 23.8. The number of carbonyl (C=O) groups is 3. The zero-order valence-corrected chi connectivity index (χ0v) is 19.6. The van der Waals surface area contributed by atoms with Crippen molar-refractivity contribution in [1.82, 2.24) is 14.7 Å². The molecule has 2 saturated heterocycles. The number of benzene rings is 1. The standard InChI is InChI=1S/C23H35N3O.C2H2O4/c1-2-12-24-14-10-22(11-15-24)25-13-5-8-21(18-25)23(27)26-16-9-19-6-3-4-7-20(19)17-26;3-1(4)2(5)6/h3-4,6-7,21-22H,2,5,8-18H2,1H3;(H,3,4)(H,5,6). The Labute approximate surface area is 196 Å². The van der Waals surface area contributed by atoms with Gasteiger partial charge in [0.15, 0.2) is 0 Å². The van der Waals surface area contributed by atoms with Crippen LogP contribution in [0.15, 0.2) is 24.3 Å². The first-order valence-corrected chi connectivity index (χ1v) is 12.2. The van der Waals surface area contributed by atoms with Gasteiger partial charge in [-0.25, -0.2) is 9.59 Å². The van der Waals surface area contributed by atoms with Crippen molar-refractivity contribution in [3.63, 3.8) is 0 Å². The van der Waals surface area contributed by atoms with Gasteiger partial charge in [-0.05, 0) is 75.8 Å². The van der Waals surface area contributed by atoms with Crippen LogP contribution in [0.1, 0.15) is 50.2 Å². The van der Waals surface area contributed by atoms with E-state index < -0.39 is 11.9 Å². The Hall–Kier alpha value is -2.45. The van der Waals surface area contributed by atoms with Crippen LogP contribution in [0, 0.1) is 5.92 Å². The summed E-state index contributed by atoms with van der Waals surface area (Å²) in [4.78, 5) is 38.8. The van der Waals surface area contributed by atoms with Crippen LogP contribution in [0.25, 0.3) is 0 Å². The lowest BCUT2D eigenvalue weighted by atomic mass is 9.91. The van der Waals surface area contributed by atoms with Gasteiger partial charge in [0, 0.05) is 25.7 Å². The Balaban J connectivity index is 0.000000454. The number of hydrogen-bond donors (Lipinski definition) is 2. The second kappa shape index (κ2) is 12.1. The third kappa shape index (κ3) is 7.01. The van der Waals surface area contributed by atoms with Crippen molar-refractivity contribution in [2.24, 2.45) is 5.92 Å². The van der Waals surface area contributed by atoms with Crippen LogP contribution in [0.4, 0.5) is 0 Å². The molecule has 1 aromatic carbocycles. The van der Waals surface area contributed by atoms with Crippen LogP contribution in [-0.4, -0.2) is 88.1 Å². The van der Waals surface area contributed by atoms with Crippen molar-refractivity contribution in [2.45, 2.75) is 58.0 Å². The van der Waals surface area contributed by atoms with Gasteiger partial charge in [0.2, 0.25) is 5.91 Å². The van der Waals surface area contributed by atoms with E-state index in [0.717, 1.165) is 32.5 Å². The number of carboxylic acid groups (broad SMARTS) is 2. The zero-order valence-electron chi connectivity index (χ0n) is 19.6. The monoisotopic (exact) mass is 459 g/mol. The summed E-state index contributed by atoms with van der Waals surface area (Å²) in [6.07, 6.45) is 7.06. The van der Waals surface area contributed by atoms with E-state index in [1.54, 1.807) is 0 Å². The fourth-order valence-electron chi connectivity index (χ4n) is 5.31. The van der Waals surface area contributed by atoms with E-state index in [2.05, 4.69) is 45.9 Å². The maximum Gasteiger partial charge on any atom is 0.414 e. The lowest BCUT2D eigenvalue weighted by Gasteiger charge is -2.43. The number of rotatable bonds is 4. The first kappa shape index (κ1) is 25.2. The van der Waals surface area contributed by atoms with Crippen molar-refractivity contribution >= 4 is 17.8 Å². The minimum absolute atomic E-state index is 0.206. The molecule has 0 aromatic heterocycles. The first-order chi connectivity index (χ1) is 15.9. The lowest BCUT2D eigenvalue weighted by Crippen LogP contribution is -2.51. The fourth-order valence-corrected chi connectivity index (χ4v) is 5.31. The van der Waals surface area contributed by atoms with Crippen molar-refractivity contribution in [3.05, 3.63) is 35.4 Å². The minimum atomic E-state index is -1.82. The summed E-state index contributed by atoms with van der Waals surface area (Å²) in [5, 5.41) is 14.8. The summed E-state index contributed by atoms with van der Waals surface area (Å²) in [5.74, 6) is -3.04. The van der Waals surface area contributed by atoms with Gasteiger partial charge in [-0.15, -0.1) is 0 Å². The molecular formula is C25H37N3O5. The van der Waals surface area contributed by atoms with Gasteiger partial charge in [-0.2, -0.15) is 0 Å². The first-order valence-electron chi connectivity index (χ1n) is 12.2. The number of hydrogen-bond acceptors (Lipinski definition) is 5. The molecule has 1 amide bonds. The van der Waals surface area contributed by atoms with Crippen LogP contribution < -0.4 is 0 Å². The molecule has 0 aliphatic carbocycles. The van der Waals surface area contributed by atoms with Crippen LogP contribution in [0.5, 0.6) is 0 Å². The molecule has 1 atom stereocenters. The highest BCUT2D eigenvalue weighted by atomic mass is 16.4. The number of nitrogens with zero attached hydrogens (tertiary/aromatic N) is 3. The highest BCUT2D eigenvalue weighted by molar-refractivity contribution is 6.27. The molecule has 3 aliphatic rings. The number of likely N-dealkylation sites (tertiary alicyclic amines) is 2. The molecule has 2 N–H and O–H groups in total. The molecule has 182 valence electrons. The van der Waals surface area contributed by atoms with E-state index in [1.807, 2.05) is 0 Å². The summed E-state index contributed by atoms with van der Waals surface area (Å²) >= 11 is 0. The quantitative estimate of drug-likeness (QED) is 0.666. The second-order valence-corrected chi connectivity index (χ2v) is 9.30. The highest BCUT2D eigenvalue weighted by Crippen LogP contribution is 2.27. The van der Waals surface area contributed by atoms with Gasteiger partial charge in [0.05, 0.1) is 5.92 Å². The molecule has 33 heavy (non-hydrogen) atoms. The molecule has 8 nitrogen and oxygen atoms in total. The van der Waals surface area contributed by atoms with E-state index in [1.165, 1.54) is 63.0 Å². The van der Waals surface area contributed by atoms with Gasteiger partial charge >= 0.3 is 11.9 Å². The molecule has 1 unspecified atom stereocenters. The van der Waals surface area contributed by atoms with Crippen molar-refractivity contribution in [1.29, 1.82) is 0 Å². The Morgan fingerprint density at radius 1 is 0.939 bits per heavy atom. The highest BCUT2D eigenvalue weighted by Gasteiger charge is 2.34. The summed E-state index contributed by atoms with van der Waals surface area (Å²) in [6.45, 7) is 9.84. The van der Waals surface area contributed by atoms with E-state index in [0.29, 0.717) is 11.9 Å². The molecule has 0 spiro atoms. The molecule has 2 fully saturated rings. The molecule has 1 aromatic rings. The third-order valence-corrected chi connectivity index (χ3v) is 7.04. The summed E-state index contributed by atoms with van der Waals surface area (Å²) in [6, 6.07) is 9.30. The Morgan fingerprint density at radius 2 is 1.61 bits per heavy atom. The van der Waals surface area contributed by atoms with Crippen molar-refractivity contribution in [2.75, 3.05) is 39.3 Å². The predicted molar refractivity (Wildman–Crippen MR) is 125 cm³/mol. The maximum atomic E-state index is 13.2. The number of carboxylic acids is 2. The average molecular weight is 460 g/mol. The third-order valence-electron chi connectivity index (χ3n) is 7.04. The topological polar surface area (TPSA) is 101 Å². The van der Waals surface area contributed by atoms with Gasteiger partial charge in [-0.1, -0.05) is 31.2 Å². The minimum Gasteiger partial charge on any atom is -0.473 e. The Bertz CT molecular complexity index is 810. The number of carbonyl (C=O) groups excluding carboxylic acids is 1. The molecule has 0 radical (unpaired) electrons. The average Bonchev–Trinajstić information content (AvgIpc) is 2.84. The number of piperidine rings is 2. The van der Waals surface area contributed by atoms with Crippen LogP contribution >= 0.6 is 0 Å². The Morgan fingerprint density at radius 3 is 2.24 bits per heavy atom. The number of aliphatic carboxylic acids is 2. The molecule has 3 heterocycles. The molecule has 4 rings (SSSR count). The second-order valence-electron chi connectivity index (χ2n) is 9.30. The fraction of sp³-hybridized carbons (Fsp3) is 0.640. The molecule has 8 heteroatoms. The molecule has 0 saturated carbocycles. The smallest absolute Gasteiger partial charge is 0.414 e. The van der Waals surface area contributed by atoms with E-state index in [-0.39, 0.29) is 5.92 Å². The molecule has 3 aliphatic heterocycles. The summed E-state index contributed by atoms with van der Waals surface area (Å²) in [5.41, 5.74) is 2.76. The maximum absolute atomic E-state index is 13.2. The van der Waals surface area contributed by atoms with E-state index >= 15 is 0 Å². The molecule has 0 bridgehead atoms. The Kier molecular flexibility index (Phi) is 9.26. The summed E-state index contributed by atoms with van der Waals surface area (Å²) < 4.78 is 0. The van der Waals surface area contributed by atoms with E-state index in [4.69, 9.17) is 19.8 Å². The van der Waals surface area contributed by atoms with Crippen molar-refractivity contribution in [3.8, 4) is 0 Å². The van der Waals surface area contributed by atoms with Crippen LogP contribution in [0.2, 0.25) is 0 Å². The molecular weight excluding hydrogens is 422 g/mol. The lowest BCUT2D eigenvalue weighted by molar-refractivity contribution is -0.159. The summed E-state index contributed by atoms with van der Waals surface area (Å²) in [7, 11) is 0. The van der Waals surface area contributed by atoms with Crippen molar-refractivity contribution < 1.29 is 24.6 Å². The van der Waals surface area contributed by atoms with Crippen LogP contribution in [0.3, 0.4) is 0 Å². The normalized spacial score (nSPS) is 22.1. The largest absolute Gasteiger partial charge is 0.473 e.